The van der Waals surface area contributed by atoms with Gasteiger partial charge in [-0.15, -0.1) is 0 Å². The van der Waals surface area contributed by atoms with Gasteiger partial charge < -0.3 is 14.8 Å². The lowest BCUT2D eigenvalue weighted by Gasteiger charge is -2.15. The topological polar surface area (TPSA) is 71.3 Å². The van der Waals surface area contributed by atoms with Crippen molar-refractivity contribution in [3.05, 3.63) is 99.0 Å². The first-order valence-electron chi connectivity index (χ1n) is 11.3. The summed E-state index contributed by atoms with van der Waals surface area (Å²) in [5, 5.41) is 13.2. The minimum absolute atomic E-state index is 0.0204. The second kappa shape index (κ2) is 13.4. The molecule has 3 rings (SSSR count). The summed E-state index contributed by atoms with van der Waals surface area (Å²) in [5.41, 5.74) is 2.55. The molecule has 180 valence electrons. The fraction of sp³-hybridized carbons (Fsp3) is 0.214. The largest absolute Gasteiger partial charge is 0.490 e. The highest BCUT2D eigenvalue weighted by atomic mass is 35.5. The molecule has 0 fully saturated rings. The fourth-order valence-electron chi connectivity index (χ4n) is 3.39. The summed E-state index contributed by atoms with van der Waals surface area (Å²) < 4.78 is 11.6. The average molecular weight is 509 g/mol. The van der Waals surface area contributed by atoms with E-state index in [9.17, 15) is 10.1 Å². The Balaban J connectivity index is 1.69. The number of nitrogens with one attached hydrogen (secondary N) is 1. The lowest BCUT2D eigenvalue weighted by Crippen LogP contribution is -2.25. The van der Waals surface area contributed by atoms with Gasteiger partial charge in [-0.2, -0.15) is 5.26 Å². The summed E-state index contributed by atoms with van der Waals surface area (Å²) in [7, 11) is 0. The van der Waals surface area contributed by atoms with Gasteiger partial charge in [0.15, 0.2) is 11.5 Å². The third-order valence-electron chi connectivity index (χ3n) is 5.11. The molecule has 3 aromatic carbocycles. The normalized spacial score (nSPS) is 11.0. The van der Waals surface area contributed by atoms with Crippen LogP contribution in [0.3, 0.4) is 0 Å². The van der Waals surface area contributed by atoms with E-state index in [2.05, 4.69) is 5.32 Å². The number of rotatable bonds is 11. The number of hydrogen-bond donors (Lipinski definition) is 1. The van der Waals surface area contributed by atoms with E-state index in [1.54, 1.807) is 18.2 Å². The number of amides is 1. The Morgan fingerprint density at radius 3 is 2.49 bits per heavy atom. The van der Waals surface area contributed by atoms with Crippen LogP contribution in [0.4, 0.5) is 0 Å². The molecule has 0 spiro atoms. The second-order valence-electron chi connectivity index (χ2n) is 7.66. The van der Waals surface area contributed by atoms with Crippen molar-refractivity contribution < 1.29 is 14.3 Å². The third kappa shape index (κ3) is 7.78. The van der Waals surface area contributed by atoms with Gasteiger partial charge >= 0.3 is 0 Å². The molecule has 7 heteroatoms. The van der Waals surface area contributed by atoms with Crippen molar-refractivity contribution in [1.29, 1.82) is 5.26 Å². The Kier molecular flexibility index (Phi) is 10.0. The first-order chi connectivity index (χ1) is 17.0. The first-order valence-corrected chi connectivity index (χ1v) is 12.0. The quantitative estimate of drug-likeness (QED) is 0.179. The van der Waals surface area contributed by atoms with Crippen molar-refractivity contribution in [2.75, 3.05) is 13.2 Å². The van der Waals surface area contributed by atoms with E-state index in [1.165, 1.54) is 11.6 Å². The summed E-state index contributed by atoms with van der Waals surface area (Å²) in [6, 6.07) is 22.7. The summed E-state index contributed by atoms with van der Waals surface area (Å²) in [4.78, 5) is 12.5. The molecule has 0 radical (unpaired) electrons. The summed E-state index contributed by atoms with van der Waals surface area (Å²) >= 11 is 12.7. The van der Waals surface area contributed by atoms with E-state index in [0.29, 0.717) is 40.3 Å². The van der Waals surface area contributed by atoms with Crippen LogP contribution >= 0.6 is 23.2 Å². The molecule has 0 saturated carbocycles. The van der Waals surface area contributed by atoms with E-state index in [-0.39, 0.29) is 12.2 Å². The molecular weight excluding hydrogens is 483 g/mol. The van der Waals surface area contributed by atoms with Gasteiger partial charge in [0.25, 0.3) is 5.91 Å². The number of carbonyl (C=O) groups is 1. The van der Waals surface area contributed by atoms with Crippen molar-refractivity contribution in [2.45, 2.75) is 26.4 Å². The zero-order valence-electron chi connectivity index (χ0n) is 19.4. The molecule has 0 heterocycles. The summed E-state index contributed by atoms with van der Waals surface area (Å²) in [6.45, 7) is 2.91. The minimum atomic E-state index is -0.436. The van der Waals surface area contributed by atoms with Crippen LogP contribution in [0.5, 0.6) is 11.5 Å². The van der Waals surface area contributed by atoms with Gasteiger partial charge in [0.05, 0.1) is 11.6 Å². The smallest absolute Gasteiger partial charge is 0.261 e. The predicted molar refractivity (Wildman–Crippen MR) is 140 cm³/mol. The molecule has 0 saturated heterocycles. The number of carbonyl (C=O) groups excluding carboxylic acids is 1. The Hall–Kier alpha value is -3.46. The number of halogens is 2. The Labute approximate surface area is 215 Å². The molecule has 5 nitrogen and oxygen atoms in total. The summed E-state index contributed by atoms with van der Waals surface area (Å²) in [5.74, 6) is 0.349. The molecule has 0 aliphatic heterocycles. The minimum Gasteiger partial charge on any atom is -0.490 e. The molecule has 0 aromatic heterocycles. The maximum Gasteiger partial charge on any atom is 0.261 e. The molecule has 0 aliphatic rings. The molecule has 0 unspecified atom stereocenters. The average Bonchev–Trinajstić information content (AvgIpc) is 2.86. The Morgan fingerprint density at radius 1 is 1.03 bits per heavy atom. The van der Waals surface area contributed by atoms with Crippen LogP contribution in [0.25, 0.3) is 6.08 Å². The number of benzene rings is 3. The van der Waals surface area contributed by atoms with Crippen molar-refractivity contribution in [1.82, 2.24) is 5.32 Å². The van der Waals surface area contributed by atoms with Crippen LogP contribution in [-0.2, 0) is 17.8 Å². The van der Waals surface area contributed by atoms with Gasteiger partial charge in [-0.25, -0.2) is 0 Å². The molecule has 0 aliphatic carbocycles. The van der Waals surface area contributed by atoms with Crippen LogP contribution in [0.1, 0.15) is 30.0 Å². The van der Waals surface area contributed by atoms with Crippen LogP contribution in [0.15, 0.2) is 72.3 Å². The zero-order chi connectivity index (χ0) is 25.0. The van der Waals surface area contributed by atoms with E-state index < -0.39 is 5.91 Å². The number of nitrogens with zero attached hydrogens (tertiary/aromatic N) is 1. The van der Waals surface area contributed by atoms with Crippen LogP contribution in [-0.4, -0.2) is 19.1 Å². The van der Waals surface area contributed by atoms with Gasteiger partial charge in [0, 0.05) is 17.1 Å². The number of ether oxygens (including phenoxy) is 2. The van der Waals surface area contributed by atoms with Crippen LogP contribution in [0, 0.1) is 11.3 Å². The lowest BCUT2D eigenvalue weighted by atomic mass is 10.1. The monoisotopic (exact) mass is 508 g/mol. The van der Waals surface area contributed by atoms with E-state index in [4.69, 9.17) is 32.7 Å². The number of aryl methyl sites for hydroxylation is 1. The van der Waals surface area contributed by atoms with Gasteiger partial charge in [0.2, 0.25) is 0 Å². The molecule has 0 atom stereocenters. The van der Waals surface area contributed by atoms with Gasteiger partial charge in [-0.3, -0.25) is 4.79 Å². The maximum absolute atomic E-state index is 12.5. The number of nitriles is 1. The Morgan fingerprint density at radius 2 is 1.77 bits per heavy atom. The highest BCUT2D eigenvalue weighted by Crippen LogP contribution is 2.38. The lowest BCUT2D eigenvalue weighted by molar-refractivity contribution is -0.117. The summed E-state index contributed by atoms with van der Waals surface area (Å²) in [6.07, 6.45) is 3.10. The van der Waals surface area contributed by atoms with Gasteiger partial charge in [-0.1, -0.05) is 71.7 Å². The van der Waals surface area contributed by atoms with Crippen LogP contribution < -0.4 is 14.8 Å². The molecule has 1 N–H and O–H groups in total. The van der Waals surface area contributed by atoms with Crippen molar-refractivity contribution in [3.63, 3.8) is 0 Å². The standard InChI is InChI=1S/C28H26Cl2N2O3/c1-2-34-26-17-21(16-25(30)27(26)35-19-22-12-6-7-13-24(22)29)15-23(18-31)28(33)32-14-8-11-20-9-4-3-5-10-20/h3-7,9-10,12-13,15-17H,2,8,11,14,19H2,1H3,(H,32,33)/b23-15-. The Bertz CT molecular complexity index is 1220. The predicted octanol–water partition coefficient (Wildman–Crippen LogP) is 6.63. The fourth-order valence-corrected chi connectivity index (χ4v) is 3.85. The van der Waals surface area contributed by atoms with Crippen molar-refractivity contribution in [2.24, 2.45) is 0 Å². The van der Waals surface area contributed by atoms with E-state index >= 15 is 0 Å². The molecule has 35 heavy (non-hydrogen) atoms. The molecule has 3 aromatic rings. The van der Waals surface area contributed by atoms with E-state index in [0.717, 1.165) is 18.4 Å². The maximum atomic E-state index is 12.5. The highest BCUT2D eigenvalue weighted by molar-refractivity contribution is 6.32. The number of hydrogen-bond acceptors (Lipinski definition) is 4. The van der Waals surface area contributed by atoms with Crippen molar-refractivity contribution in [3.8, 4) is 17.6 Å². The van der Waals surface area contributed by atoms with E-state index in [1.807, 2.05) is 61.5 Å². The molecule has 0 bridgehead atoms. The highest BCUT2D eigenvalue weighted by Gasteiger charge is 2.15. The SMILES string of the molecule is CCOc1cc(/C=C(/C#N)C(=O)NCCCc2ccccc2)cc(Cl)c1OCc1ccccc1Cl. The molecular formula is C28H26Cl2N2O3. The third-order valence-corrected chi connectivity index (χ3v) is 5.76. The zero-order valence-corrected chi connectivity index (χ0v) is 20.9. The van der Waals surface area contributed by atoms with Crippen molar-refractivity contribution >= 4 is 35.2 Å². The van der Waals surface area contributed by atoms with Gasteiger partial charge in [-0.05, 0) is 55.2 Å². The van der Waals surface area contributed by atoms with Crippen LogP contribution in [0.2, 0.25) is 10.0 Å². The molecule has 1 amide bonds. The second-order valence-corrected chi connectivity index (χ2v) is 8.47. The van der Waals surface area contributed by atoms with Gasteiger partial charge in [0.1, 0.15) is 18.2 Å². The first kappa shape index (κ1) is 26.2.